The summed E-state index contributed by atoms with van der Waals surface area (Å²) in [4.78, 5) is 0. The Morgan fingerprint density at radius 2 is 0.860 bits per heavy atom. The number of nitrogens with zero attached hydrogens (tertiary/aromatic N) is 1. The van der Waals surface area contributed by atoms with E-state index in [2.05, 4.69) is 211 Å². The summed E-state index contributed by atoms with van der Waals surface area (Å²) >= 11 is 0. The summed E-state index contributed by atoms with van der Waals surface area (Å²) < 4.78 is 2.38. The molecule has 1 nitrogen and oxygen atoms in total. The van der Waals surface area contributed by atoms with Crippen LogP contribution in [0.15, 0.2) is 206 Å². The molecule has 0 saturated heterocycles. The SMILES string of the molecule is c1ccc(-c2cccc(C(c3ccccc3)c3ccccc3-c3ccc(-c4ccc5c6ccccc6n(-c6ccccc6)c5c4)cc3)c2)cc1. The Morgan fingerprint density at radius 1 is 0.320 bits per heavy atom. The van der Waals surface area contributed by atoms with Crippen molar-refractivity contribution in [3.05, 3.63) is 223 Å². The fraction of sp³-hybridized carbons (Fsp3) is 0.0204. The third-order valence-electron chi connectivity index (χ3n) is 9.95. The molecule has 1 aromatic heterocycles. The zero-order valence-corrected chi connectivity index (χ0v) is 27.7. The van der Waals surface area contributed by atoms with Crippen LogP contribution in [0.25, 0.3) is 60.9 Å². The Balaban J connectivity index is 1.13. The van der Waals surface area contributed by atoms with Gasteiger partial charge < -0.3 is 4.57 Å². The molecule has 1 atom stereocenters. The molecule has 0 aliphatic carbocycles. The molecule has 236 valence electrons. The molecular formula is C49H35N. The first-order valence-electron chi connectivity index (χ1n) is 17.3. The van der Waals surface area contributed by atoms with Crippen molar-refractivity contribution in [1.29, 1.82) is 0 Å². The molecule has 9 aromatic rings. The fourth-order valence-electron chi connectivity index (χ4n) is 7.58. The molecule has 1 heterocycles. The lowest BCUT2D eigenvalue weighted by atomic mass is 9.80. The van der Waals surface area contributed by atoms with Crippen LogP contribution in [-0.2, 0) is 0 Å². The molecule has 0 aliphatic heterocycles. The second kappa shape index (κ2) is 12.9. The van der Waals surface area contributed by atoms with E-state index in [4.69, 9.17) is 0 Å². The van der Waals surface area contributed by atoms with Gasteiger partial charge in [0.05, 0.1) is 11.0 Å². The van der Waals surface area contributed by atoms with Gasteiger partial charge in [0.1, 0.15) is 0 Å². The van der Waals surface area contributed by atoms with Gasteiger partial charge in [-0.1, -0.05) is 182 Å². The predicted octanol–water partition coefficient (Wildman–Crippen LogP) is 13.0. The van der Waals surface area contributed by atoms with Gasteiger partial charge in [0.2, 0.25) is 0 Å². The molecule has 0 spiro atoms. The summed E-state index contributed by atoms with van der Waals surface area (Å²) in [5, 5.41) is 2.54. The topological polar surface area (TPSA) is 4.93 Å². The van der Waals surface area contributed by atoms with Crippen LogP contribution in [-0.4, -0.2) is 4.57 Å². The van der Waals surface area contributed by atoms with Gasteiger partial charge in [0, 0.05) is 22.4 Å². The predicted molar refractivity (Wildman–Crippen MR) is 211 cm³/mol. The van der Waals surface area contributed by atoms with Crippen LogP contribution < -0.4 is 0 Å². The van der Waals surface area contributed by atoms with Crippen molar-refractivity contribution in [1.82, 2.24) is 4.57 Å². The number of benzene rings is 8. The van der Waals surface area contributed by atoms with Gasteiger partial charge >= 0.3 is 0 Å². The van der Waals surface area contributed by atoms with Crippen molar-refractivity contribution in [3.63, 3.8) is 0 Å². The van der Waals surface area contributed by atoms with Crippen molar-refractivity contribution in [2.45, 2.75) is 5.92 Å². The third kappa shape index (κ3) is 5.40. The first kappa shape index (κ1) is 29.7. The van der Waals surface area contributed by atoms with E-state index in [1.807, 2.05) is 0 Å². The Labute approximate surface area is 293 Å². The monoisotopic (exact) mass is 637 g/mol. The van der Waals surface area contributed by atoms with Gasteiger partial charge in [0.25, 0.3) is 0 Å². The van der Waals surface area contributed by atoms with E-state index >= 15 is 0 Å². The van der Waals surface area contributed by atoms with Crippen LogP contribution in [0.1, 0.15) is 22.6 Å². The Morgan fingerprint density at radius 3 is 1.66 bits per heavy atom. The van der Waals surface area contributed by atoms with Crippen molar-refractivity contribution in [2.24, 2.45) is 0 Å². The lowest BCUT2D eigenvalue weighted by Gasteiger charge is -2.23. The minimum atomic E-state index is 0.0815. The first-order valence-corrected chi connectivity index (χ1v) is 17.3. The maximum Gasteiger partial charge on any atom is 0.0547 e. The van der Waals surface area contributed by atoms with Crippen LogP contribution >= 0.6 is 0 Å². The Hall–Kier alpha value is -6.44. The van der Waals surface area contributed by atoms with Crippen molar-refractivity contribution in [3.8, 4) is 39.1 Å². The molecule has 1 heteroatoms. The number of hydrogen-bond acceptors (Lipinski definition) is 0. The normalized spacial score (nSPS) is 11.9. The first-order chi connectivity index (χ1) is 24.8. The highest BCUT2D eigenvalue weighted by atomic mass is 15.0. The van der Waals surface area contributed by atoms with E-state index in [0.29, 0.717) is 0 Å². The highest BCUT2D eigenvalue weighted by Gasteiger charge is 2.21. The zero-order chi connectivity index (χ0) is 33.3. The van der Waals surface area contributed by atoms with E-state index < -0.39 is 0 Å². The second-order valence-electron chi connectivity index (χ2n) is 12.9. The van der Waals surface area contributed by atoms with Crippen LogP contribution in [0.5, 0.6) is 0 Å². The minimum absolute atomic E-state index is 0.0815. The summed E-state index contributed by atoms with van der Waals surface area (Å²) in [5.41, 5.74) is 14.8. The maximum absolute atomic E-state index is 2.38. The highest BCUT2D eigenvalue weighted by molar-refractivity contribution is 6.10. The molecule has 0 radical (unpaired) electrons. The van der Waals surface area contributed by atoms with Crippen LogP contribution in [0, 0.1) is 0 Å². The van der Waals surface area contributed by atoms with Gasteiger partial charge in [-0.25, -0.2) is 0 Å². The van der Waals surface area contributed by atoms with Crippen LogP contribution in [0.4, 0.5) is 0 Å². The molecule has 1 unspecified atom stereocenters. The van der Waals surface area contributed by atoms with Gasteiger partial charge in [-0.15, -0.1) is 0 Å². The van der Waals surface area contributed by atoms with Gasteiger partial charge in [-0.3, -0.25) is 0 Å². The smallest absolute Gasteiger partial charge is 0.0547 e. The third-order valence-corrected chi connectivity index (χ3v) is 9.95. The second-order valence-corrected chi connectivity index (χ2v) is 12.9. The number of hydrogen-bond donors (Lipinski definition) is 0. The minimum Gasteiger partial charge on any atom is -0.309 e. The standard InChI is InChI=1S/C49H35N/c1-4-15-35(16-5-1)39-19-14-20-41(33-39)49(38-17-6-2-7-18-38)46-25-11-10-23-43(46)37-29-27-36(28-30-37)40-31-32-45-44-24-12-13-26-47(44)50(48(45)34-40)42-21-8-3-9-22-42/h1-34,49H. The average molecular weight is 638 g/mol. The van der Waals surface area contributed by atoms with Crippen molar-refractivity contribution < 1.29 is 0 Å². The Bertz CT molecular complexity index is 2560. The summed E-state index contributed by atoms with van der Waals surface area (Å²) in [6, 6.07) is 74.9. The molecule has 0 bridgehead atoms. The van der Waals surface area contributed by atoms with Gasteiger partial charge in [-0.05, 0) is 74.3 Å². The summed E-state index contributed by atoms with van der Waals surface area (Å²) in [6.07, 6.45) is 0. The summed E-state index contributed by atoms with van der Waals surface area (Å²) in [7, 11) is 0. The van der Waals surface area contributed by atoms with E-state index in [1.165, 1.54) is 77.6 Å². The van der Waals surface area contributed by atoms with Crippen LogP contribution in [0.3, 0.4) is 0 Å². The summed E-state index contributed by atoms with van der Waals surface area (Å²) in [5.74, 6) is 0.0815. The van der Waals surface area contributed by atoms with E-state index in [1.54, 1.807) is 0 Å². The van der Waals surface area contributed by atoms with Crippen molar-refractivity contribution in [2.75, 3.05) is 0 Å². The molecule has 0 N–H and O–H groups in total. The number of fused-ring (bicyclic) bond motifs is 3. The number of aromatic nitrogens is 1. The van der Waals surface area contributed by atoms with Crippen LogP contribution in [0.2, 0.25) is 0 Å². The number of para-hydroxylation sites is 2. The molecular weight excluding hydrogens is 603 g/mol. The van der Waals surface area contributed by atoms with Gasteiger partial charge in [0.15, 0.2) is 0 Å². The fourth-order valence-corrected chi connectivity index (χ4v) is 7.58. The van der Waals surface area contributed by atoms with E-state index in [0.717, 1.165) is 0 Å². The summed E-state index contributed by atoms with van der Waals surface area (Å²) in [6.45, 7) is 0. The Kier molecular flexibility index (Phi) is 7.64. The van der Waals surface area contributed by atoms with Gasteiger partial charge in [-0.2, -0.15) is 0 Å². The van der Waals surface area contributed by atoms with E-state index in [9.17, 15) is 0 Å². The molecule has 0 fully saturated rings. The molecule has 9 rings (SSSR count). The highest BCUT2D eigenvalue weighted by Crippen LogP contribution is 2.40. The lowest BCUT2D eigenvalue weighted by molar-refractivity contribution is 0.980. The number of rotatable bonds is 7. The zero-order valence-electron chi connectivity index (χ0n) is 27.7. The van der Waals surface area contributed by atoms with E-state index in [-0.39, 0.29) is 5.92 Å². The molecule has 0 amide bonds. The quantitative estimate of drug-likeness (QED) is 0.153. The lowest BCUT2D eigenvalue weighted by Crippen LogP contribution is -2.05. The molecule has 8 aromatic carbocycles. The molecule has 50 heavy (non-hydrogen) atoms. The maximum atomic E-state index is 2.38. The molecule has 0 saturated carbocycles. The largest absolute Gasteiger partial charge is 0.309 e. The molecule has 0 aliphatic rings. The van der Waals surface area contributed by atoms with Crippen molar-refractivity contribution >= 4 is 21.8 Å². The average Bonchev–Trinajstić information content (AvgIpc) is 3.53.